The molecule has 2 aromatic heterocycles. The number of fused-ring (bicyclic) bond motifs is 1. The number of amides is 1. The molecule has 166 valence electrons. The molecule has 2 aromatic rings. The predicted molar refractivity (Wildman–Crippen MR) is 108 cm³/mol. The topological polar surface area (TPSA) is 143 Å². The van der Waals surface area contributed by atoms with Gasteiger partial charge in [-0.3, -0.25) is 9.36 Å². The third-order valence-electron chi connectivity index (χ3n) is 7.90. The highest BCUT2D eigenvalue weighted by Crippen LogP contribution is 2.60. The number of carbonyl (C=O) groups is 1. The maximum atomic E-state index is 13.4. The van der Waals surface area contributed by atoms with Crippen molar-refractivity contribution >= 4 is 22.9 Å². The van der Waals surface area contributed by atoms with Crippen molar-refractivity contribution in [2.24, 2.45) is 23.2 Å². The average molecular weight is 429 g/mol. The number of imidazole rings is 1. The summed E-state index contributed by atoms with van der Waals surface area (Å²) in [7, 11) is 0. The Morgan fingerprint density at radius 3 is 2.39 bits per heavy atom. The van der Waals surface area contributed by atoms with E-state index in [0.717, 1.165) is 19.3 Å². The molecule has 0 spiro atoms. The van der Waals surface area contributed by atoms with Crippen molar-refractivity contribution in [2.75, 3.05) is 11.9 Å². The highest BCUT2D eigenvalue weighted by atomic mass is 16.6. The molecule has 4 aliphatic carbocycles. The summed E-state index contributed by atoms with van der Waals surface area (Å²) in [4.78, 5) is 26.3. The minimum absolute atomic E-state index is 0.0223. The van der Waals surface area contributed by atoms with Gasteiger partial charge in [-0.15, -0.1) is 0 Å². The van der Waals surface area contributed by atoms with Crippen molar-refractivity contribution < 1.29 is 24.9 Å². The molecule has 1 amide bonds. The molecule has 4 saturated carbocycles. The van der Waals surface area contributed by atoms with Crippen molar-refractivity contribution in [3.05, 3.63) is 12.7 Å². The molecule has 0 aromatic carbocycles. The third-order valence-corrected chi connectivity index (χ3v) is 7.90. The molecule has 5 aliphatic rings. The Balaban J connectivity index is 1.29. The number of aliphatic hydroxyl groups is 3. The second-order valence-electron chi connectivity index (χ2n) is 9.93. The first kappa shape index (κ1) is 19.5. The van der Waals surface area contributed by atoms with Crippen LogP contribution in [-0.4, -0.2) is 65.7 Å². The normalized spacial score (nSPS) is 41.2. The van der Waals surface area contributed by atoms with Gasteiger partial charge in [0, 0.05) is 0 Å². The van der Waals surface area contributed by atoms with E-state index < -0.39 is 31.1 Å². The molecule has 4 N–H and O–H groups in total. The molecule has 1 saturated heterocycles. The Hall–Kier alpha value is -2.14. The molecule has 31 heavy (non-hydrogen) atoms. The highest BCUT2D eigenvalue weighted by molar-refractivity contribution is 6.00. The summed E-state index contributed by atoms with van der Waals surface area (Å²) >= 11 is 0. The fourth-order valence-corrected chi connectivity index (χ4v) is 6.87. The molecule has 5 fully saturated rings. The second-order valence-corrected chi connectivity index (χ2v) is 9.93. The number of anilines is 1. The molecule has 4 bridgehead atoms. The summed E-state index contributed by atoms with van der Waals surface area (Å²) in [6.07, 6.45) is 5.14. The lowest BCUT2D eigenvalue weighted by Gasteiger charge is -2.55. The van der Waals surface area contributed by atoms with Crippen LogP contribution in [0.4, 0.5) is 5.82 Å². The molecule has 0 unspecified atom stereocenters. The summed E-state index contributed by atoms with van der Waals surface area (Å²) in [6.45, 7) is -0.414. The van der Waals surface area contributed by atoms with Crippen molar-refractivity contribution in [1.29, 1.82) is 0 Å². The van der Waals surface area contributed by atoms with Gasteiger partial charge in [0.05, 0.1) is 18.3 Å². The van der Waals surface area contributed by atoms with Gasteiger partial charge in [-0.1, -0.05) is 0 Å². The minimum Gasteiger partial charge on any atom is -0.394 e. The number of ether oxygens (including phenoxy) is 1. The van der Waals surface area contributed by atoms with Gasteiger partial charge in [0.2, 0.25) is 5.91 Å². The van der Waals surface area contributed by atoms with Crippen molar-refractivity contribution in [3.63, 3.8) is 0 Å². The van der Waals surface area contributed by atoms with Gasteiger partial charge in [0.15, 0.2) is 23.2 Å². The zero-order valence-corrected chi connectivity index (χ0v) is 17.1. The number of rotatable bonds is 4. The SMILES string of the molecule is O=C(Nc1ncnc2c1ncn2[C@@H]1O[C@@H](CO)[C@@H](O)[C@@H]1O)C12CC3CC(CC(C3)C1)C2. The number of aliphatic hydroxyl groups excluding tert-OH is 3. The molecule has 10 nitrogen and oxygen atoms in total. The number of carbonyl (C=O) groups excluding carboxylic acids is 1. The number of hydrogen-bond donors (Lipinski definition) is 4. The van der Waals surface area contributed by atoms with Crippen molar-refractivity contribution in [2.45, 2.75) is 63.1 Å². The maximum Gasteiger partial charge on any atom is 0.231 e. The molecule has 1 aliphatic heterocycles. The third kappa shape index (κ3) is 2.92. The monoisotopic (exact) mass is 429 g/mol. The van der Waals surface area contributed by atoms with E-state index in [2.05, 4.69) is 20.3 Å². The molecular formula is C21H27N5O5. The van der Waals surface area contributed by atoms with Crippen LogP contribution in [0.5, 0.6) is 0 Å². The van der Waals surface area contributed by atoms with Crippen LogP contribution in [0.25, 0.3) is 11.2 Å². The maximum absolute atomic E-state index is 13.4. The lowest BCUT2D eigenvalue weighted by Crippen LogP contribution is -2.51. The first-order chi connectivity index (χ1) is 15.0. The van der Waals surface area contributed by atoms with Crippen LogP contribution in [-0.2, 0) is 9.53 Å². The fraction of sp³-hybridized carbons (Fsp3) is 0.714. The Morgan fingerprint density at radius 1 is 1.10 bits per heavy atom. The zero-order chi connectivity index (χ0) is 21.3. The molecule has 0 radical (unpaired) electrons. The summed E-state index contributed by atoms with van der Waals surface area (Å²) in [6, 6.07) is 0. The molecular weight excluding hydrogens is 402 g/mol. The lowest BCUT2D eigenvalue weighted by molar-refractivity contribution is -0.140. The lowest BCUT2D eigenvalue weighted by atomic mass is 9.49. The van der Waals surface area contributed by atoms with E-state index in [9.17, 15) is 20.1 Å². The summed E-state index contributed by atoms with van der Waals surface area (Å²) < 4.78 is 7.10. The van der Waals surface area contributed by atoms with Gasteiger partial charge in [-0.05, 0) is 56.3 Å². The molecule has 3 heterocycles. The Kier molecular flexibility index (Phi) is 4.37. The van der Waals surface area contributed by atoms with Crippen LogP contribution in [0.1, 0.15) is 44.8 Å². The Bertz CT molecular complexity index is 989. The summed E-state index contributed by atoms with van der Waals surface area (Å²) in [5.74, 6) is 2.35. The first-order valence-electron chi connectivity index (χ1n) is 11.1. The zero-order valence-electron chi connectivity index (χ0n) is 17.1. The van der Waals surface area contributed by atoms with E-state index >= 15 is 0 Å². The van der Waals surface area contributed by atoms with Crippen LogP contribution >= 0.6 is 0 Å². The number of nitrogens with one attached hydrogen (secondary N) is 1. The van der Waals surface area contributed by atoms with Crippen LogP contribution in [0.2, 0.25) is 0 Å². The van der Waals surface area contributed by atoms with Crippen molar-refractivity contribution in [1.82, 2.24) is 19.5 Å². The smallest absolute Gasteiger partial charge is 0.231 e. The quantitative estimate of drug-likeness (QED) is 0.553. The van der Waals surface area contributed by atoms with E-state index in [1.165, 1.54) is 36.5 Å². The van der Waals surface area contributed by atoms with Crippen LogP contribution in [0.3, 0.4) is 0 Å². The number of aromatic nitrogens is 4. The van der Waals surface area contributed by atoms with Crippen LogP contribution < -0.4 is 5.32 Å². The van der Waals surface area contributed by atoms with Crippen LogP contribution in [0.15, 0.2) is 12.7 Å². The predicted octanol–water partition coefficient (Wildman–Crippen LogP) is 0.593. The number of hydrogen-bond acceptors (Lipinski definition) is 8. The molecule has 4 atom stereocenters. The van der Waals surface area contributed by atoms with E-state index in [-0.39, 0.29) is 11.3 Å². The van der Waals surface area contributed by atoms with Crippen molar-refractivity contribution in [3.8, 4) is 0 Å². The molecule has 10 heteroatoms. The summed E-state index contributed by atoms with van der Waals surface area (Å²) in [5.41, 5.74) is 0.474. The standard InChI is InChI=1S/C21H27N5O5/c27-7-13-15(28)16(29)19(31-13)26-9-24-14-17(22-8-23-18(14)26)25-20(30)21-4-10-1-11(5-21)3-12(2-10)6-21/h8-13,15-16,19,27-29H,1-7H2,(H,22,23,25,30)/t10?,11?,12?,13-,15+,16-,19+,21?/m0/s1. The number of nitrogens with zero attached hydrogens (tertiary/aromatic N) is 4. The van der Waals surface area contributed by atoms with Gasteiger partial charge < -0.3 is 25.4 Å². The Morgan fingerprint density at radius 2 is 1.77 bits per heavy atom. The first-order valence-corrected chi connectivity index (χ1v) is 11.1. The van der Waals surface area contributed by atoms with Gasteiger partial charge in [-0.25, -0.2) is 15.0 Å². The van der Waals surface area contributed by atoms with Gasteiger partial charge >= 0.3 is 0 Å². The van der Waals surface area contributed by atoms with E-state index in [1.54, 1.807) is 0 Å². The highest BCUT2D eigenvalue weighted by Gasteiger charge is 2.54. The molecule has 7 rings (SSSR count). The largest absolute Gasteiger partial charge is 0.394 e. The van der Waals surface area contributed by atoms with Gasteiger partial charge in [-0.2, -0.15) is 0 Å². The minimum atomic E-state index is -1.24. The van der Waals surface area contributed by atoms with E-state index in [0.29, 0.717) is 34.7 Å². The average Bonchev–Trinajstić information content (AvgIpc) is 3.29. The Labute approximate surface area is 178 Å². The van der Waals surface area contributed by atoms with E-state index in [4.69, 9.17) is 4.74 Å². The fourth-order valence-electron chi connectivity index (χ4n) is 6.87. The van der Waals surface area contributed by atoms with Crippen LogP contribution in [0, 0.1) is 23.2 Å². The van der Waals surface area contributed by atoms with Gasteiger partial charge in [0.1, 0.15) is 24.6 Å². The second kappa shape index (κ2) is 6.93. The van der Waals surface area contributed by atoms with Gasteiger partial charge in [0.25, 0.3) is 0 Å². The summed E-state index contributed by atoms with van der Waals surface area (Å²) in [5, 5.41) is 32.8. The van der Waals surface area contributed by atoms with E-state index in [1.807, 2.05) is 0 Å².